The molecule has 0 atom stereocenters. The molecule has 238 valence electrons. The Morgan fingerprint density at radius 1 is 0.727 bits per heavy atom. The number of carboxylic acids is 4. The van der Waals surface area contributed by atoms with E-state index in [0.29, 0.717) is 24.3 Å². The van der Waals surface area contributed by atoms with E-state index in [1.807, 2.05) is 6.07 Å². The molecule has 0 saturated carbocycles. The Bertz CT molecular complexity index is 1250. The van der Waals surface area contributed by atoms with Crippen molar-refractivity contribution in [3.8, 4) is 11.5 Å². The molecule has 0 aromatic heterocycles. The molecule has 2 aromatic carbocycles. The summed E-state index contributed by atoms with van der Waals surface area (Å²) in [4.78, 5) is 43.5. The molecule has 2 aliphatic rings. The Labute approximate surface area is 256 Å². The van der Waals surface area contributed by atoms with Gasteiger partial charge in [-0.25, -0.2) is 19.2 Å². The number of hydrogen-bond acceptors (Lipinski definition) is 8. The zero-order valence-corrected chi connectivity index (χ0v) is 24.9. The summed E-state index contributed by atoms with van der Waals surface area (Å²) >= 11 is 0. The van der Waals surface area contributed by atoms with Crippen LogP contribution < -0.4 is 9.47 Å². The van der Waals surface area contributed by atoms with Crippen molar-refractivity contribution >= 4 is 23.9 Å². The maximum absolute atomic E-state index is 9.55. The second-order valence-electron chi connectivity index (χ2n) is 10.2. The van der Waals surface area contributed by atoms with Crippen LogP contribution in [0.4, 0.5) is 0 Å². The third kappa shape index (κ3) is 13.5. The number of benzene rings is 2. The second-order valence-corrected chi connectivity index (χ2v) is 10.2. The van der Waals surface area contributed by atoms with E-state index in [2.05, 4.69) is 46.2 Å². The van der Waals surface area contributed by atoms with Gasteiger partial charge in [0.05, 0.1) is 14.2 Å². The lowest BCUT2D eigenvalue weighted by Crippen LogP contribution is -2.40. The predicted octanol–water partition coefficient (Wildman–Crippen LogP) is 3.40. The second kappa shape index (κ2) is 18.8. The van der Waals surface area contributed by atoms with E-state index in [1.165, 1.54) is 56.6 Å². The Morgan fingerprint density at radius 3 is 1.75 bits per heavy atom. The fourth-order valence-electron chi connectivity index (χ4n) is 4.92. The maximum Gasteiger partial charge on any atom is 0.328 e. The molecule has 0 amide bonds. The van der Waals surface area contributed by atoms with Crippen molar-refractivity contribution in [3.05, 3.63) is 83.5 Å². The fourth-order valence-corrected chi connectivity index (χ4v) is 4.92. The highest BCUT2D eigenvalue weighted by Crippen LogP contribution is 2.29. The molecule has 2 heterocycles. The highest BCUT2D eigenvalue weighted by Gasteiger charge is 2.24. The monoisotopic (exact) mass is 612 g/mol. The molecule has 0 aliphatic carbocycles. The molecule has 2 aromatic rings. The van der Waals surface area contributed by atoms with Crippen LogP contribution >= 0.6 is 0 Å². The van der Waals surface area contributed by atoms with E-state index < -0.39 is 23.9 Å². The average molecular weight is 613 g/mol. The van der Waals surface area contributed by atoms with Gasteiger partial charge in [-0.1, -0.05) is 30.3 Å². The van der Waals surface area contributed by atoms with Gasteiger partial charge < -0.3 is 29.9 Å². The van der Waals surface area contributed by atoms with Gasteiger partial charge >= 0.3 is 23.9 Å². The van der Waals surface area contributed by atoms with Crippen molar-refractivity contribution in [2.75, 3.05) is 40.4 Å². The third-order valence-corrected chi connectivity index (χ3v) is 7.02. The highest BCUT2D eigenvalue weighted by molar-refractivity contribution is 5.90. The number of aliphatic carboxylic acids is 4. The summed E-state index contributed by atoms with van der Waals surface area (Å²) in [5.41, 5.74) is 4.37. The van der Waals surface area contributed by atoms with Crippen LogP contribution in [0.15, 0.2) is 66.8 Å². The SMILES string of the molecule is COc1ccc(CN2CCC(CN3CCc4ccccc4C3)CC2)cc1OC.O=C(O)/C=C/C(=O)O.O=C(O)/C=C/C(=O)O. The number of carboxylic acid groups (broad SMARTS) is 4. The number of likely N-dealkylation sites (tertiary alicyclic amines) is 1. The minimum Gasteiger partial charge on any atom is -0.493 e. The summed E-state index contributed by atoms with van der Waals surface area (Å²) in [5.74, 6) is -2.58. The minimum atomic E-state index is -1.26. The number of fused-ring (bicyclic) bond motifs is 1. The molecule has 1 fully saturated rings. The molecule has 44 heavy (non-hydrogen) atoms. The van der Waals surface area contributed by atoms with Crippen LogP contribution in [0, 0.1) is 5.92 Å². The summed E-state index contributed by atoms with van der Waals surface area (Å²) in [6, 6.07) is 15.2. The quantitative estimate of drug-likeness (QED) is 0.288. The molecule has 2 aliphatic heterocycles. The Balaban J connectivity index is 0.000000349. The summed E-state index contributed by atoms with van der Waals surface area (Å²) in [6.07, 6.45) is 6.03. The largest absolute Gasteiger partial charge is 0.493 e. The Morgan fingerprint density at radius 2 is 1.25 bits per heavy atom. The van der Waals surface area contributed by atoms with Gasteiger partial charge in [-0.05, 0) is 67.1 Å². The maximum atomic E-state index is 9.55. The third-order valence-electron chi connectivity index (χ3n) is 7.02. The van der Waals surface area contributed by atoms with Crippen LogP contribution in [0.25, 0.3) is 0 Å². The molecule has 4 rings (SSSR count). The lowest BCUT2D eigenvalue weighted by Gasteiger charge is -2.36. The van der Waals surface area contributed by atoms with E-state index in [4.69, 9.17) is 29.9 Å². The van der Waals surface area contributed by atoms with Crippen LogP contribution in [-0.4, -0.2) is 94.5 Å². The van der Waals surface area contributed by atoms with Crippen molar-refractivity contribution in [3.63, 3.8) is 0 Å². The van der Waals surface area contributed by atoms with Crippen LogP contribution in [0.5, 0.6) is 11.5 Å². The normalized spacial score (nSPS) is 15.3. The van der Waals surface area contributed by atoms with Crippen molar-refractivity contribution in [2.45, 2.75) is 32.4 Å². The minimum absolute atomic E-state index is 0.558. The molecule has 0 spiro atoms. The van der Waals surface area contributed by atoms with Crippen LogP contribution in [0.3, 0.4) is 0 Å². The topological polar surface area (TPSA) is 174 Å². The van der Waals surface area contributed by atoms with E-state index in [0.717, 1.165) is 30.5 Å². The molecular formula is C32H40N2O10. The van der Waals surface area contributed by atoms with Crippen LogP contribution in [-0.2, 0) is 38.7 Å². The molecule has 12 nitrogen and oxygen atoms in total. The molecular weight excluding hydrogens is 572 g/mol. The van der Waals surface area contributed by atoms with Crippen molar-refractivity contribution in [1.29, 1.82) is 0 Å². The summed E-state index contributed by atoms with van der Waals surface area (Å²) in [6.45, 7) is 6.94. The Hall–Kier alpha value is -4.68. The van der Waals surface area contributed by atoms with Gasteiger partial charge in [-0.2, -0.15) is 0 Å². The first-order valence-corrected chi connectivity index (χ1v) is 14.0. The molecule has 0 radical (unpaired) electrons. The highest BCUT2D eigenvalue weighted by atomic mass is 16.5. The summed E-state index contributed by atoms with van der Waals surface area (Å²) < 4.78 is 10.8. The van der Waals surface area contributed by atoms with Gasteiger partial charge in [-0.15, -0.1) is 0 Å². The number of rotatable bonds is 10. The zero-order valence-electron chi connectivity index (χ0n) is 24.9. The van der Waals surface area contributed by atoms with Gasteiger partial charge in [0, 0.05) is 50.5 Å². The van der Waals surface area contributed by atoms with Gasteiger partial charge in [0.1, 0.15) is 0 Å². The Kier molecular flexibility index (Phi) is 15.2. The first-order valence-electron chi connectivity index (χ1n) is 14.0. The first kappa shape index (κ1) is 35.5. The number of hydrogen-bond donors (Lipinski definition) is 4. The van der Waals surface area contributed by atoms with Gasteiger partial charge in [0.25, 0.3) is 0 Å². The molecule has 1 saturated heterocycles. The number of ether oxygens (including phenoxy) is 2. The zero-order chi connectivity index (χ0) is 32.5. The molecule has 12 heteroatoms. The van der Waals surface area contributed by atoms with Crippen LogP contribution in [0.1, 0.15) is 29.5 Å². The molecule has 4 N–H and O–H groups in total. The van der Waals surface area contributed by atoms with Crippen molar-refractivity contribution in [1.82, 2.24) is 9.80 Å². The van der Waals surface area contributed by atoms with Crippen LogP contribution in [0.2, 0.25) is 0 Å². The smallest absolute Gasteiger partial charge is 0.328 e. The fraction of sp³-hybridized carbons (Fsp3) is 0.375. The van der Waals surface area contributed by atoms with Gasteiger partial charge in [0.2, 0.25) is 0 Å². The summed E-state index contributed by atoms with van der Waals surface area (Å²) in [7, 11) is 3.38. The van der Waals surface area contributed by atoms with E-state index in [9.17, 15) is 19.2 Å². The number of piperidine rings is 1. The molecule has 0 bridgehead atoms. The van der Waals surface area contributed by atoms with E-state index >= 15 is 0 Å². The predicted molar refractivity (Wildman–Crippen MR) is 162 cm³/mol. The summed E-state index contributed by atoms with van der Waals surface area (Å²) in [5, 5.41) is 31.2. The van der Waals surface area contributed by atoms with Crippen molar-refractivity contribution in [2.24, 2.45) is 5.92 Å². The van der Waals surface area contributed by atoms with Gasteiger partial charge in [-0.3, -0.25) is 9.80 Å². The van der Waals surface area contributed by atoms with Gasteiger partial charge in [0.15, 0.2) is 11.5 Å². The number of methoxy groups -OCH3 is 2. The number of carbonyl (C=O) groups is 4. The first-order chi connectivity index (χ1) is 21.0. The average Bonchev–Trinajstić information content (AvgIpc) is 3.00. The lowest BCUT2D eigenvalue weighted by molar-refractivity contribution is -0.134. The van der Waals surface area contributed by atoms with Crippen molar-refractivity contribution < 1.29 is 49.1 Å². The number of nitrogens with zero attached hydrogens (tertiary/aromatic N) is 2. The standard InChI is InChI=1S/C24H32N2O2.2C4H4O4/c1-27-23-8-7-20(15-24(23)28-2)17-25-12-9-19(10-13-25)16-26-14-11-21-5-3-4-6-22(21)18-26;2*5-3(6)1-2-4(7)8/h3-8,15,19H,9-14,16-18H2,1-2H3;2*1-2H,(H,5,6)(H,7,8)/b;2*2-1+. The lowest BCUT2D eigenvalue weighted by atomic mass is 9.93. The molecule has 0 unspecified atom stereocenters. The van der Waals surface area contributed by atoms with E-state index in [1.54, 1.807) is 19.8 Å². The van der Waals surface area contributed by atoms with E-state index in [-0.39, 0.29) is 0 Å².